The molecule has 0 unspecified atom stereocenters. The average Bonchev–Trinajstić information content (AvgIpc) is 2.89. The molecule has 1 aromatic carbocycles. The van der Waals surface area contributed by atoms with Crippen LogP contribution in [0.1, 0.15) is 17.5 Å². The summed E-state index contributed by atoms with van der Waals surface area (Å²) < 4.78 is 40.5. The standard InChI is InChI=1S/C15H17F3N4S/c1-11-9-20-22(10-11)8-4-7-19-14(23)21-13-6-3-2-5-12(13)15(16,17)18/h2-3,5-6,9-10H,4,7-8H2,1H3,(H2,19,21,23). The predicted octanol–water partition coefficient (Wildman–Crippen LogP) is 3.59. The molecule has 0 aliphatic carbocycles. The molecule has 23 heavy (non-hydrogen) atoms. The summed E-state index contributed by atoms with van der Waals surface area (Å²) in [5, 5.41) is 9.82. The van der Waals surface area contributed by atoms with Crippen LogP contribution in [-0.4, -0.2) is 21.4 Å². The van der Waals surface area contributed by atoms with E-state index in [4.69, 9.17) is 12.2 Å². The fraction of sp³-hybridized carbons (Fsp3) is 0.333. The summed E-state index contributed by atoms with van der Waals surface area (Å²) in [5.41, 5.74) is 0.287. The highest BCUT2D eigenvalue weighted by atomic mass is 32.1. The van der Waals surface area contributed by atoms with Crippen LogP contribution >= 0.6 is 12.2 Å². The van der Waals surface area contributed by atoms with Crippen LogP contribution in [0, 0.1) is 6.92 Å². The number of nitrogens with one attached hydrogen (secondary N) is 2. The van der Waals surface area contributed by atoms with E-state index in [1.807, 2.05) is 17.8 Å². The van der Waals surface area contributed by atoms with E-state index >= 15 is 0 Å². The number of anilines is 1. The van der Waals surface area contributed by atoms with Crippen LogP contribution in [-0.2, 0) is 12.7 Å². The number of aromatic nitrogens is 2. The molecule has 1 heterocycles. The molecule has 0 atom stereocenters. The fourth-order valence-corrected chi connectivity index (χ4v) is 2.25. The summed E-state index contributed by atoms with van der Waals surface area (Å²) in [6, 6.07) is 5.24. The summed E-state index contributed by atoms with van der Waals surface area (Å²) >= 11 is 5.04. The van der Waals surface area contributed by atoms with Gasteiger partial charge in [-0.1, -0.05) is 12.1 Å². The Bertz CT molecular complexity index is 667. The molecule has 8 heteroatoms. The lowest BCUT2D eigenvalue weighted by Gasteiger charge is -2.15. The highest BCUT2D eigenvalue weighted by Crippen LogP contribution is 2.34. The normalized spacial score (nSPS) is 11.3. The first-order valence-corrected chi connectivity index (χ1v) is 7.47. The molecule has 1 aromatic heterocycles. The number of para-hydroxylation sites is 1. The van der Waals surface area contributed by atoms with Crippen LogP contribution in [0.25, 0.3) is 0 Å². The van der Waals surface area contributed by atoms with Crippen LogP contribution in [0.3, 0.4) is 0 Å². The average molecular weight is 342 g/mol. The second kappa shape index (κ2) is 7.45. The van der Waals surface area contributed by atoms with Crippen LogP contribution in [0.15, 0.2) is 36.7 Å². The molecular weight excluding hydrogens is 325 g/mol. The second-order valence-corrected chi connectivity index (χ2v) is 5.47. The van der Waals surface area contributed by atoms with E-state index in [-0.39, 0.29) is 10.8 Å². The van der Waals surface area contributed by atoms with E-state index < -0.39 is 11.7 Å². The quantitative estimate of drug-likeness (QED) is 0.644. The van der Waals surface area contributed by atoms with E-state index in [1.165, 1.54) is 18.2 Å². The topological polar surface area (TPSA) is 41.9 Å². The molecule has 0 saturated heterocycles. The molecule has 0 amide bonds. The van der Waals surface area contributed by atoms with Crippen molar-refractivity contribution in [3.8, 4) is 0 Å². The van der Waals surface area contributed by atoms with Crippen molar-refractivity contribution < 1.29 is 13.2 Å². The molecule has 0 bridgehead atoms. The Balaban J connectivity index is 1.81. The van der Waals surface area contributed by atoms with Gasteiger partial charge >= 0.3 is 6.18 Å². The van der Waals surface area contributed by atoms with E-state index in [1.54, 1.807) is 6.20 Å². The summed E-state index contributed by atoms with van der Waals surface area (Å²) in [4.78, 5) is 0. The fourth-order valence-electron chi connectivity index (χ4n) is 2.04. The maximum atomic E-state index is 12.9. The van der Waals surface area contributed by atoms with Crippen molar-refractivity contribution in [2.45, 2.75) is 26.1 Å². The third-order valence-electron chi connectivity index (χ3n) is 3.09. The van der Waals surface area contributed by atoms with E-state index in [2.05, 4.69) is 15.7 Å². The molecule has 0 aliphatic rings. The smallest absolute Gasteiger partial charge is 0.362 e. The van der Waals surface area contributed by atoms with Crippen molar-refractivity contribution in [3.63, 3.8) is 0 Å². The number of rotatable bonds is 5. The van der Waals surface area contributed by atoms with Crippen molar-refractivity contribution in [3.05, 3.63) is 47.8 Å². The van der Waals surface area contributed by atoms with Gasteiger partial charge in [0, 0.05) is 19.3 Å². The van der Waals surface area contributed by atoms with Gasteiger partial charge in [0.1, 0.15) is 0 Å². The zero-order valence-electron chi connectivity index (χ0n) is 12.5. The van der Waals surface area contributed by atoms with Crippen molar-refractivity contribution in [2.75, 3.05) is 11.9 Å². The highest BCUT2D eigenvalue weighted by molar-refractivity contribution is 7.80. The van der Waals surface area contributed by atoms with Crippen LogP contribution < -0.4 is 10.6 Å². The lowest BCUT2D eigenvalue weighted by Crippen LogP contribution is -2.30. The maximum absolute atomic E-state index is 12.9. The number of aryl methyl sites for hydroxylation is 2. The number of nitrogens with zero attached hydrogens (tertiary/aromatic N) is 2. The zero-order chi connectivity index (χ0) is 16.9. The first kappa shape index (κ1) is 17.3. The highest BCUT2D eigenvalue weighted by Gasteiger charge is 2.33. The number of alkyl halides is 3. The van der Waals surface area contributed by atoms with Crippen molar-refractivity contribution in [1.29, 1.82) is 0 Å². The molecule has 0 spiro atoms. The Kier molecular flexibility index (Phi) is 5.59. The molecule has 2 N–H and O–H groups in total. The number of thiocarbonyl (C=S) groups is 1. The first-order chi connectivity index (χ1) is 10.9. The monoisotopic (exact) mass is 342 g/mol. The predicted molar refractivity (Wildman–Crippen MR) is 87.2 cm³/mol. The Morgan fingerprint density at radius 1 is 1.30 bits per heavy atom. The molecular formula is C15H17F3N4S. The molecule has 0 radical (unpaired) electrons. The van der Waals surface area contributed by atoms with E-state index in [0.29, 0.717) is 13.1 Å². The van der Waals surface area contributed by atoms with Crippen molar-refractivity contribution >= 4 is 23.0 Å². The van der Waals surface area contributed by atoms with Crippen LogP contribution in [0.5, 0.6) is 0 Å². The Labute approximate surface area is 137 Å². The van der Waals surface area contributed by atoms with Gasteiger partial charge in [0.05, 0.1) is 17.4 Å². The lowest BCUT2D eigenvalue weighted by molar-refractivity contribution is -0.136. The van der Waals surface area contributed by atoms with Gasteiger partial charge in [-0.15, -0.1) is 0 Å². The van der Waals surface area contributed by atoms with Gasteiger partial charge in [-0.05, 0) is 43.3 Å². The minimum absolute atomic E-state index is 0.0554. The zero-order valence-corrected chi connectivity index (χ0v) is 13.3. The van der Waals surface area contributed by atoms with Crippen molar-refractivity contribution in [1.82, 2.24) is 15.1 Å². The van der Waals surface area contributed by atoms with Gasteiger partial charge in [0.15, 0.2) is 5.11 Å². The molecule has 0 fully saturated rings. The minimum Gasteiger partial charge on any atom is -0.362 e. The lowest BCUT2D eigenvalue weighted by atomic mass is 10.1. The number of benzene rings is 1. The molecule has 2 aromatic rings. The first-order valence-electron chi connectivity index (χ1n) is 7.06. The second-order valence-electron chi connectivity index (χ2n) is 5.06. The largest absolute Gasteiger partial charge is 0.418 e. The number of halogens is 3. The Morgan fingerprint density at radius 3 is 2.70 bits per heavy atom. The molecule has 2 rings (SSSR count). The third kappa shape index (κ3) is 5.24. The van der Waals surface area contributed by atoms with Gasteiger partial charge < -0.3 is 10.6 Å². The molecule has 0 saturated carbocycles. The summed E-state index contributed by atoms with van der Waals surface area (Å²) in [7, 11) is 0. The van der Waals surface area contributed by atoms with Crippen LogP contribution in [0.4, 0.5) is 18.9 Å². The van der Waals surface area contributed by atoms with E-state index in [0.717, 1.165) is 18.1 Å². The van der Waals surface area contributed by atoms with Gasteiger partial charge in [-0.3, -0.25) is 4.68 Å². The maximum Gasteiger partial charge on any atom is 0.418 e. The van der Waals surface area contributed by atoms with Gasteiger partial charge in [0.25, 0.3) is 0 Å². The van der Waals surface area contributed by atoms with Gasteiger partial charge in [-0.25, -0.2) is 0 Å². The summed E-state index contributed by atoms with van der Waals surface area (Å²) in [6.45, 7) is 3.21. The summed E-state index contributed by atoms with van der Waals surface area (Å²) in [6.07, 6.45) is 0.0326. The number of hydrogen-bond donors (Lipinski definition) is 2. The minimum atomic E-state index is -4.42. The van der Waals surface area contributed by atoms with E-state index in [9.17, 15) is 13.2 Å². The van der Waals surface area contributed by atoms with Crippen molar-refractivity contribution in [2.24, 2.45) is 0 Å². The Hall–Kier alpha value is -2.09. The van der Waals surface area contributed by atoms with Gasteiger partial charge in [-0.2, -0.15) is 18.3 Å². The Morgan fingerprint density at radius 2 is 2.04 bits per heavy atom. The molecule has 0 aliphatic heterocycles. The summed E-state index contributed by atoms with van der Waals surface area (Å²) in [5.74, 6) is 0. The van der Waals surface area contributed by atoms with Crippen LogP contribution in [0.2, 0.25) is 0 Å². The molecule has 124 valence electrons. The molecule has 4 nitrogen and oxygen atoms in total. The third-order valence-corrected chi connectivity index (χ3v) is 3.34. The number of hydrogen-bond acceptors (Lipinski definition) is 2. The van der Waals surface area contributed by atoms with Gasteiger partial charge in [0.2, 0.25) is 0 Å². The SMILES string of the molecule is Cc1cnn(CCCNC(=S)Nc2ccccc2C(F)(F)F)c1.